The summed E-state index contributed by atoms with van der Waals surface area (Å²) in [6.07, 6.45) is 4.24. The molecule has 1 N–H and O–H groups in total. The maximum absolute atomic E-state index is 5.52. The van der Waals surface area contributed by atoms with Crippen LogP contribution in [0.5, 0.6) is 0 Å². The van der Waals surface area contributed by atoms with Gasteiger partial charge in [-0.05, 0) is 40.3 Å². The van der Waals surface area contributed by atoms with Crippen molar-refractivity contribution in [3.63, 3.8) is 0 Å². The van der Waals surface area contributed by atoms with Crippen LogP contribution in [0.4, 0.5) is 0 Å². The molecule has 0 unspecified atom stereocenters. The lowest BCUT2D eigenvalue weighted by Gasteiger charge is -2.21. The molecule has 0 amide bonds. The van der Waals surface area contributed by atoms with Crippen molar-refractivity contribution in [3.8, 4) is 0 Å². The van der Waals surface area contributed by atoms with E-state index in [4.69, 9.17) is 4.74 Å². The van der Waals surface area contributed by atoms with Gasteiger partial charge in [-0.25, -0.2) is 4.98 Å². The highest BCUT2D eigenvalue weighted by molar-refractivity contribution is 9.11. The van der Waals surface area contributed by atoms with Gasteiger partial charge in [0.1, 0.15) is 0 Å². The number of halogens is 1. The van der Waals surface area contributed by atoms with Gasteiger partial charge in [-0.1, -0.05) is 30.3 Å². The molecule has 3 rings (SSSR count). The Kier molecular flexibility index (Phi) is 5.41. The van der Waals surface area contributed by atoms with Gasteiger partial charge in [-0.3, -0.25) is 0 Å². The molecule has 1 aromatic carbocycles. The van der Waals surface area contributed by atoms with Crippen molar-refractivity contribution in [2.45, 2.75) is 25.4 Å². The van der Waals surface area contributed by atoms with Crippen LogP contribution in [0.25, 0.3) is 0 Å². The van der Waals surface area contributed by atoms with Gasteiger partial charge in [0.25, 0.3) is 0 Å². The molecule has 3 nitrogen and oxygen atoms in total. The Morgan fingerprint density at radius 1 is 1.38 bits per heavy atom. The zero-order valence-electron chi connectivity index (χ0n) is 11.8. The molecule has 112 valence electrons. The summed E-state index contributed by atoms with van der Waals surface area (Å²) < 4.78 is 6.46. The number of ether oxygens (including phenoxy) is 1. The van der Waals surface area contributed by atoms with E-state index >= 15 is 0 Å². The zero-order valence-corrected chi connectivity index (χ0v) is 14.2. The lowest BCUT2D eigenvalue weighted by Crippen LogP contribution is -2.23. The van der Waals surface area contributed by atoms with E-state index in [2.05, 4.69) is 56.6 Å². The molecule has 2 aromatic rings. The monoisotopic (exact) mass is 366 g/mol. The molecule has 2 heterocycles. The number of hydrogen-bond acceptors (Lipinski definition) is 4. The fourth-order valence-corrected chi connectivity index (χ4v) is 4.02. The van der Waals surface area contributed by atoms with Gasteiger partial charge >= 0.3 is 0 Å². The van der Waals surface area contributed by atoms with Crippen molar-refractivity contribution in [2.24, 2.45) is 5.92 Å². The average molecular weight is 367 g/mol. The molecule has 5 heteroatoms. The van der Waals surface area contributed by atoms with Crippen LogP contribution in [0.2, 0.25) is 0 Å². The van der Waals surface area contributed by atoms with Crippen molar-refractivity contribution in [1.82, 2.24) is 10.3 Å². The summed E-state index contributed by atoms with van der Waals surface area (Å²) >= 11 is 5.10. The smallest absolute Gasteiger partial charge is 0.159 e. The van der Waals surface area contributed by atoms with E-state index in [0.29, 0.717) is 12.0 Å². The predicted molar refractivity (Wildman–Crippen MR) is 89.4 cm³/mol. The van der Waals surface area contributed by atoms with Crippen LogP contribution in [0.3, 0.4) is 0 Å². The lowest BCUT2D eigenvalue weighted by atomic mass is 9.94. The molecule has 1 aliphatic heterocycles. The molecule has 1 fully saturated rings. The molecular weight excluding hydrogens is 348 g/mol. The molecule has 21 heavy (non-hydrogen) atoms. The summed E-state index contributed by atoms with van der Waals surface area (Å²) in [6.45, 7) is 2.67. The van der Waals surface area contributed by atoms with E-state index in [1.54, 1.807) is 11.3 Å². The third-order valence-electron chi connectivity index (χ3n) is 3.84. The van der Waals surface area contributed by atoms with Crippen LogP contribution in [0.15, 0.2) is 40.4 Å². The van der Waals surface area contributed by atoms with E-state index in [1.807, 2.05) is 6.20 Å². The minimum Gasteiger partial charge on any atom is -0.381 e. The minimum atomic E-state index is 0.374. The standard InChI is InChI=1S/C16H19BrN2OS/c17-16-19-10-14(21-16)9-18-15(8-12-6-7-20-11-12)13-4-2-1-3-5-13/h1-5,10,12,15,18H,6-9,11H2/t12-,15-/m1/s1. The van der Waals surface area contributed by atoms with Crippen LogP contribution in [0, 0.1) is 5.92 Å². The van der Waals surface area contributed by atoms with Crippen molar-refractivity contribution >= 4 is 27.3 Å². The van der Waals surface area contributed by atoms with Crippen LogP contribution < -0.4 is 5.32 Å². The van der Waals surface area contributed by atoms with Gasteiger partial charge in [-0.2, -0.15) is 0 Å². The van der Waals surface area contributed by atoms with Crippen molar-refractivity contribution in [2.75, 3.05) is 13.2 Å². The molecule has 1 saturated heterocycles. The molecular formula is C16H19BrN2OS. The summed E-state index contributed by atoms with van der Waals surface area (Å²) in [6, 6.07) is 11.1. The normalized spacial score (nSPS) is 19.8. The van der Waals surface area contributed by atoms with Crippen molar-refractivity contribution < 1.29 is 4.74 Å². The molecule has 0 spiro atoms. The first-order chi connectivity index (χ1) is 10.3. The Balaban J connectivity index is 1.66. The number of benzene rings is 1. The molecule has 0 bridgehead atoms. The van der Waals surface area contributed by atoms with Gasteiger partial charge in [0.15, 0.2) is 3.92 Å². The van der Waals surface area contributed by atoms with Crippen molar-refractivity contribution in [3.05, 3.63) is 50.9 Å². The summed E-state index contributed by atoms with van der Waals surface area (Å²) in [5.41, 5.74) is 1.35. The topological polar surface area (TPSA) is 34.2 Å². The maximum atomic E-state index is 5.52. The number of nitrogens with zero attached hydrogens (tertiary/aromatic N) is 1. The Labute approximate surface area is 137 Å². The largest absolute Gasteiger partial charge is 0.381 e. The molecule has 1 aromatic heterocycles. The number of rotatable bonds is 6. The third-order valence-corrected chi connectivity index (χ3v) is 5.32. The molecule has 2 atom stereocenters. The summed E-state index contributed by atoms with van der Waals surface area (Å²) in [7, 11) is 0. The van der Waals surface area contributed by atoms with Crippen LogP contribution in [-0.4, -0.2) is 18.2 Å². The van der Waals surface area contributed by atoms with Gasteiger partial charge < -0.3 is 10.1 Å². The first kappa shape index (κ1) is 15.2. The van der Waals surface area contributed by atoms with E-state index in [9.17, 15) is 0 Å². The highest BCUT2D eigenvalue weighted by atomic mass is 79.9. The van der Waals surface area contributed by atoms with E-state index in [1.165, 1.54) is 16.9 Å². The molecule has 1 aliphatic rings. The number of aromatic nitrogens is 1. The van der Waals surface area contributed by atoms with E-state index in [-0.39, 0.29) is 0 Å². The fourth-order valence-electron chi connectivity index (χ4n) is 2.71. The SMILES string of the molecule is Brc1ncc(CN[C@H](C[C@H]2CCOC2)c2ccccc2)s1. The Bertz CT molecular complexity index is 554. The Hall–Kier alpha value is -0.750. The maximum Gasteiger partial charge on any atom is 0.159 e. The average Bonchev–Trinajstić information content (AvgIpc) is 3.16. The van der Waals surface area contributed by atoms with Crippen molar-refractivity contribution in [1.29, 1.82) is 0 Å². The second kappa shape index (κ2) is 7.49. The second-order valence-corrected chi connectivity index (χ2v) is 7.78. The summed E-state index contributed by atoms with van der Waals surface area (Å²) in [4.78, 5) is 5.50. The summed E-state index contributed by atoms with van der Waals surface area (Å²) in [5, 5.41) is 3.69. The minimum absolute atomic E-state index is 0.374. The van der Waals surface area contributed by atoms with Gasteiger partial charge in [-0.15, -0.1) is 11.3 Å². The molecule has 0 aliphatic carbocycles. The Morgan fingerprint density at radius 3 is 2.90 bits per heavy atom. The second-order valence-electron chi connectivity index (χ2n) is 5.39. The highest BCUT2D eigenvalue weighted by Crippen LogP contribution is 2.27. The summed E-state index contributed by atoms with van der Waals surface area (Å²) in [5.74, 6) is 0.663. The number of thiazole rings is 1. The van der Waals surface area contributed by atoms with Crippen LogP contribution in [0.1, 0.15) is 29.3 Å². The van der Waals surface area contributed by atoms with Crippen LogP contribution in [-0.2, 0) is 11.3 Å². The zero-order chi connectivity index (χ0) is 14.5. The quantitative estimate of drug-likeness (QED) is 0.832. The predicted octanol–water partition coefficient (Wildman–Crippen LogP) is 4.16. The van der Waals surface area contributed by atoms with Gasteiger partial charge in [0.05, 0.1) is 0 Å². The van der Waals surface area contributed by atoms with Gasteiger partial charge in [0.2, 0.25) is 0 Å². The highest BCUT2D eigenvalue weighted by Gasteiger charge is 2.21. The fraction of sp³-hybridized carbons (Fsp3) is 0.438. The lowest BCUT2D eigenvalue weighted by molar-refractivity contribution is 0.181. The third kappa shape index (κ3) is 4.36. The Morgan fingerprint density at radius 2 is 2.24 bits per heavy atom. The number of nitrogens with one attached hydrogen (secondary N) is 1. The first-order valence-electron chi connectivity index (χ1n) is 7.27. The van der Waals surface area contributed by atoms with E-state index < -0.39 is 0 Å². The van der Waals surface area contributed by atoms with Crippen LogP contribution >= 0.6 is 27.3 Å². The van der Waals surface area contributed by atoms with E-state index in [0.717, 1.165) is 30.1 Å². The first-order valence-corrected chi connectivity index (χ1v) is 8.88. The molecule has 0 saturated carbocycles. The van der Waals surface area contributed by atoms with Gasteiger partial charge in [0, 0.05) is 36.9 Å². The molecule has 0 radical (unpaired) electrons. The number of hydrogen-bond donors (Lipinski definition) is 1.